The van der Waals surface area contributed by atoms with Crippen LogP contribution < -0.4 is 10.6 Å². The number of amides is 2. The molecule has 148 valence electrons. The third-order valence-electron chi connectivity index (χ3n) is 4.60. The molecule has 0 saturated carbocycles. The Labute approximate surface area is 169 Å². The van der Waals surface area contributed by atoms with Crippen molar-refractivity contribution in [1.82, 2.24) is 15.5 Å². The van der Waals surface area contributed by atoms with Crippen LogP contribution in [0, 0.1) is 0 Å². The Morgan fingerprint density at radius 2 is 1.71 bits per heavy atom. The van der Waals surface area contributed by atoms with Crippen LogP contribution >= 0.6 is 11.6 Å². The van der Waals surface area contributed by atoms with Crippen molar-refractivity contribution < 1.29 is 14.3 Å². The van der Waals surface area contributed by atoms with Gasteiger partial charge in [0.2, 0.25) is 5.91 Å². The van der Waals surface area contributed by atoms with Crippen molar-refractivity contribution in [3.8, 4) is 0 Å². The van der Waals surface area contributed by atoms with Gasteiger partial charge in [-0.3, -0.25) is 14.5 Å². The standard InChI is InChI=1S/C21H24ClN3O3/c22-18-8-6-17(7-9-18)21(27)23-14-20(26)24-19(16-4-2-1-3-5-16)15-25-10-12-28-13-11-25/h1-9,19H,10-15H2,(H,23,27)(H,24,26)/t19-/m0/s1. The zero-order chi connectivity index (χ0) is 19.8. The Morgan fingerprint density at radius 3 is 2.39 bits per heavy atom. The monoisotopic (exact) mass is 401 g/mol. The van der Waals surface area contributed by atoms with Crippen molar-refractivity contribution >= 4 is 23.4 Å². The van der Waals surface area contributed by atoms with Crippen molar-refractivity contribution in [2.75, 3.05) is 39.4 Å². The molecule has 3 rings (SSSR count). The van der Waals surface area contributed by atoms with E-state index in [1.165, 1.54) is 0 Å². The summed E-state index contributed by atoms with van der Waals surface area (Å²) >= 11 is 5.83. The molecule has 1 saturated heterocycles. The molecule has 1 aliphatic heterocycles. The molecule has 7 heteroatoms. The van der Waals surface area contributed by atoms with Gasteiger partial charge in [0.15, 0.2) is 0 Å². The Bertz CT molecular complexity index is 777. The Balaban J connectivity index is 1.57. The maximum atomic E-state index is 12.5. The van der Waals surface area contributed by atoms with Crippen molar-refractivity contribution in [2.45, 2.75) is 6.04 Å². The number of carbonyl (C=O) groups excluding carboxylic acids is 2. The van der Waals surface area contributed by atoms with Gasteiger partial charge in [-0.1, -0.05) is 41.9 Å². The Hall–Kier alpha value is -2.41. The second kappa shape index (κ2) is 10.2. The molecular weight excluding hydrogens is 378 g/mol. The van der Waals surface area contributed by atoms with Crippen molar-refractivity contribution in [2.24, 2.45) is 0 Å². The second-order valence-electron chi connectivity index (χ2n) is 6.63. The predicted molar refractivity (Wildman–Crippen MR) is 108 cm³/mol. The molecule has 0 unspecified atom stereocenters. The highest BCUT2D eigenvalue weighted by Gasteiger charge is 2.20. The molecule has 6 nitrogen and oxygen atoms in total. The SMILES string of the molecule is O=C(CNC(=O)c1ccc(Cl)cc1)N[C@@H](CN1CCOCC1)c1ccccc1. The highest BCUT2D eigenvalue weighted by atomic mass is 35.5. The first-order valence-corrected chi connectivity index (χ1v) is 9.68. The highest BCUT2D eigenvalue weighted by Crippen LogP contribution is 2.15. The summed E-state index contributed by atoms with van der Waals surface area (Å²) < 4.78 is 5.40. The zero-order valence-corrected chi connectivity index (χ0v) is 16.3. The molecule has 0 radical (unpaired) electrons. The lowest BCUT2D eigenvalue weighted by Crippen LogP contribution is -2.45. The number of ether oxygens (including phenoxy) is 1. The van der Waals surface area contributed by atoms with Crippen LogP contribution in [0.15, 0.2) is 54.6 Å². The topological polar surface area (TPSA) is 70.7 Å². The second-order valence-corrected chi connectivity index (χ2v) is 7.07. The maximum Gasteiger partial charge on any atom is 0.251 e. The molecule has 0 aliphatic carbocycles. The summed E-state index contributed by atoms with van der Waals surface area (Å²) in [5.41, 5.74) is 1.50. The molecule has 2 aromatic rings. The van der Waals surface area contributed by atoms with Gasteiger partial charge in [-0.05, 0) is 29.8 Å². The summed E-state index contributed by atoms with van der Waals surface area (Å²) in [6, 6.07) is 16.2. The number of carbonyl (C=O) groups is 2. The minimum atomic E-state index is -0.309. The van der Waals surface area contributed by atoms with Crippen LogP contribution in [0.2, 0.25) is 5.02 Å². The summed E-state index contributed by atoms with van der Waals surface area (Å²) in [4.78, 5) is 26.9. The fourth-order valence-corrected chi connectivity index (χ4v) is 3.20. The molecule has 0 spiro atoms. The fraction of sp³-hybridized carbons (Fsp3) is 0.333. The predicted octanol–water partition coefficient (Wildman–Crippen LogP) is 2.26. The molecule has 2 amide bonds. The third kappa shape index (κ3) is 6.05. The third-order valence-corrected chi connectivity index (χ3v) is 4.85. The zero-order valence-electron chi connectivity index (χ0n) is 15.6. The summed E-state index contributed by atoms with van der Waals surface area (Å²) in [5.74, 6) is -0.541. The molecule has 2 N–H and O–H groups in total. The summed E-state index contributed by atoms with van der Waals surface area (Å²) in [7, 11) is 0. The number of morpholine rings is 1. The number of rotatable bonds is 7. The first kappa shape index (κ1) is 20.3. The minimum Gasteiger partial charge on any atom is -0.379 e. The average molecular weight is 402 g/mol. The van der Waals surface area contributed by atoms with Crippen LogP contribution in [0.1, 0.15) is 22.0 Å². The number of nitrogens with zero attached hydrogens (tertiary/aromatic N) is 1. The molecule has 2 aromatic carbocycles. The van der Waals surface area contributed by atoms with E-state index < -0.39 is 0 Å². The fourth-order valence-electron chi connectivity index (χ4n) is 3.07. The van der Waals surface area contributed by atoms with Crippen LogP contribution in [-0.2, 0) is 9.53 Å². The van der Waals surface area contributed by atoms with Gasteiger partial charge in [0.25, 0.3) is 5.91 Å². The van der Waals surface area contributed by atoms with Gasteiger partial charge in [0.1, 0.15) is 0 Å². The van der Waals surface area contributed by atoms with E-state index in [-0.39, 0.29) is 24.4 Å². The maximum absolute atomic E-state index is 12.5. The first-order valence-electron chi connectivity index (χ1n) is 9.30. The van der Waals surface area contributed by atoms with Crippen LogP contribution in [0.3, 0.4) is 0 Å². The normalized spacial score (nSPS) is 15.6. The van der Waals surface area contributed by atoms with Crippen molar-refractivity contribution in [3.05, 3.63) is 70.7 Å². The van der Waals surface area contributed by atoms with E-state index in [1.807, 2.05) is 30.3 Å². The number of halogens is 1. The van der Waals surface area contributed by atoms with Gasteiger partial charge in [0, 0.05) is 30.2 Å². The molecule has 1 aliphatic rings. The van der Waals surface area contributed by atoms with Gasteiger partial charge in [-0.2, -0.15) is 0 Å². The van der Waals surface area contributed by atoms with E-state index in [0.717, 1.165) is 18.7 Å². The first-order chi connectivity index (χ1) is 13.6. The molecular formula is C21H24ClN3O3. The number of hydrogen-bond donors (Lipinski definition) is 2. The Morgan fingerprint density at radius 1 is 1.04 bits per heavy atom. The molecule has 28 heavy (non-hydrogen) atoms. The smallest absolute Gasteiger partial charge is 0.251 e. The summed E-state index contributed by atoms with van der Waals surface area (Å²) in [6.45, 7) is 3.69. The van der Waals surface area contributed by atoms with E-state index >= 15 is 0 Å². The van der Waals surface area contributed by atoms with Gasteiger partial charge >= 0.3 is 0 Å². The van der Waals surface area contributed by atoms with Crippen molar-refractivity contribution in [3.63, 3.8) is 0 Å². The van der Waals surface area contributed by atoms with E-state index in [0.29, 0.717) is 30.3 Å². The average Bonchev–Trinajstić information content (AvgIpc) is 2.73. The van der Waals surface area contributed by atoms with E-state index in [9.17, 15) is 9.59 Å². The molecule has 0 aromatic heterocycles. The summed E-state index contributed by atoms with van der Waals surface area (Å²) in [5, 5.41) is 6.25. The molecule has 0 bridgehead atoms. The van der Waals surface area contributed by atoms with Crippen molar-refractivity contribution in [1.29, 1.82) is 0 Å². The van der Waals surface area contributed by atoms with Gasteiger partial charge in [-0.25, -0.2) is 0 Å². The lowest BCUT2D eigenvalue weighted by atomic mass is 10.1. The van der Waals surface area contributed by atoms with Crippen LogP contribution in [0.5, 0.6) is 0 Å². The van der Waals surface area contributed by atoms with E-state index in [4.69, 9.17) is 16.3 Å². The van der Waals surface area contributed by atoms with E-state index in [1.54, 1.807) is 24.3 Å². The number of benzene rings is 2. The van der Waals surface area contributed by atoms with Crippen LogP contribution in [0.25, 0.3) is 0 Å². The Kier molecular flexibility index (Phi) is 7.42. The lowest BCUT2D eigenvalue weighted by Gasteiger charge is -2.31. The lowest BCUT2D eigenvalue weighted by molar-refractivity contribution is -0.121. The van der Waals surface area contributed by atoms with Crippen LogP contribution in [0.4, 0.5) is 0 Å². The minimum absolute atomic E-state index is 0.0894. The summed E-state index contributed by atoms with van der Waals surface area (Å²) in [6.07, 6.45) is 0. The van der Waals surface area contributed by atoms with Gasteiger partial charge in [-0.15, -0.1) is 0 Å². The number of nitrogens with one attached hydrogen (secondary N) is 2. The molecule has 1 heterocycles. The van der Waals surface area contributed by atoms with Crippen LogP contribution in [-0.4, -0.2) is 56.1 Å². The molecule has 1 fully saturated rings. The van der Waals surface area contributed by atoms with E-state index in [2.05, 4.69) is 15.5 Å². The highest BCUT2D eigenvalue weighted by molar-refractivity contribution is 6.30. The van der Waals surface area contributed by atoms with Gasteiger partial charge < -0.3 is 15.4 Å². The largest absolute Gasteiger partial charge is 0.379 e. The quantitative estimate of drug-likeness (QED) is 0.746. The molecule has 1 atom stereocenters. The van der Waals surface area contributed by atoms with Gasteiger partial charge in [0.05, 0.1) is 25.8 Å². The number of hydrogen-bond acceptors (Lipinski definition) is 4.